The van der Waals surface area contributed by atoms with E-state index in [4.69, 9.17) is 16.6 Å². The Morgan fingerprint density at radius 3 is 2.49 bits per heavy atom. The fraction of sp³-hybridized carbons (Fsp3) is 0.129. The third kappa shape index (κ3) is 4.56. The van der Waals surface area contributed by atoms with E-state index in [1.54, 1.807) is 6.20 Å². The number of nitrogens with zero attached hydrogens (tertiary/aromatic N) is 2. The van der Waals surface area contributed by atoms with Crippen molar-refractivity contribution in [1.82, 2.24) is 25.2 Å². The van der Waals surface area contributed by atoms with Crippen molar-refractivity contribution >= 4 is 50.1 Å². The second-order valence-electron chi connectivity index (χ2n) is 9.78. The molecule has 0 saturated carbocycles. The van der Waals surface area contributed by atoms with Crippen LogP contribution in [0.25, 0.3) is 55.1 Å². The van der Waals surface area contributed by atoms with Gasteiger partial charge in [0.25, 0.3) is 11.5 Å². The van der Waals surface area contributed by atoms with Crippen LogP contribution in [0.4, 0.5) is 0 Å². The van der Waals surface area contributed by atoms with Crippen LogP contribution in [0.5, 0.6) is 0 Å². The van der Waals surface area contributed by atoms with Crippen LogP contribution in [0.2, 0.25) is 5.02 Å². The zero-order valence-electron chi connectivity index (χ0n) is 21.5. The zero-order valence-corrected chi connectivity index (χ0v) is 22.3. The van der Waals surface area contributed by atoms with Crippen molar-refractivity contribution in [2.24, 2.45) is 0 Å². The first kappa shape index (κ1) is 24.9. The predicted octanol–water partition coefficient (Wildman–Crippen LogP) is 5.84. The van der Waals surface area contributed by atoms with Crippen LogP contribution >= 0.6 is 11.6 Å². The number of pyridine rings is 1. The number of aromatic nitrogens is 3. The number of fused-ring (bicyclic) bond motifs is 6. The lowest BCUT2D eigenvalue weighted by molar-refractivity contribution is 0.0951. The number of halogens is 1. The first-order chi connectivity index (χ1) is 18.9. The summed E-state index contributed by atoms with van der Waals surface area (Å²) in [5, 5.41) is 6.58. The van der Waals surface area contributed by atoms with E-state index in [-0.39, 0.29) is 11.5 Å². The molecule has 0 aliphatic carbocycles. The Hall–Kier alpha value is -4.46. The SMILES string of the molecule is CN(C)CCNC(=O)c1ccc(-c2ccc3c(c2)c2c(=O)[nH]ccc2c2[nH]c(-c4ccccc4Cl)nc32)cc1. The number of benzene rings is 4. The van der Waals surface area contributed by atoms with E-state index in [1.165, 1.54) is 0 Å². The first-order valence-electron chi connectivity index (χ1n) is 12.7. The second kappa shape index (κ2) is 10.0. The van der Waals surface area contributed by atoms with Crippen molar-refractivity contribution < 1.29 is 4.79 Å². The lowest BCUT2D eigenvalue weighted by Gasteiger charge is -2.11. The van der Waals surface area contributed by atoms with Crippen molar-refractivity contribution in [1.29, 1.82) is 0 Å². The summed E-state index contributed by atoms with van der Waals surface area (Å²) >= 11 is 6.46. The number of imidazole rings is 1. The average molecular weight is 536 g/mol. The van der Waals surface area contributed by atoms with Crippen LogP contribution < -0.4 is 10.9 Å². The normalized spacial score (nSPS) is 11.6. The Morgan fingerprint density at radius 2 is 1.72 bits per heavy atom. The second-order valence-corrected chi connectivity index (χ2v) is 10.2. The fourth-order valence-corrected chi connectivity index (χ4v) is 5.17. The maximum atomic E-state index is 13.1. The summed E-state index contributed by atoms with van der Waals surface area (Å²) in [6.45, 7) is 1.36. The molecule has 0 bridgehead atoms. The Balaban J connectivity index is 1.46. The van der Waals surface area contributed by atoms with E-state index >= 15 is 0 Å². The van der Waals surface area contributed by atoms with E-state index < -0.39 is 0 Å². The van der Waals surface area contributed by atoms with Gasteiger partial charge in [-0.25, -0.2) is 4.98 Å². The molecule has 39 heavy (non-hydrogen) atoms. The molecule has 6 aromatic rings. The summed E-state index contributed by atoms with van der Waals surface area (Å²) in [6, 6.07) is 23.0. The minimum Gasteiger partial charge on any atom is -0.351 e. The number of carbonyl (C=O) groups excluding carboxylic acids is 1. The molecule has 7 nitrogen and oxygen atoms in total. The third-order valence-electron chi connectivity index (χ3n) is 6.93. The highest BCUT2D eigenvalue weighted by atomic mass is 35.5. The molecule has 194 valence electrons. The minimum absolute atomic E-state index is 0.102. The van der Waals surface area contributed by atoms with E-state index in [0.29, 0.717) is 28.3 Å². The van der Waals surface area contributed by atoms with Gasteiger partial charge in [0.1, 0.15) is 5.82 Å². The van der Waals surface area contributed by atoms with E-state index in [1.807, 2.05) is 91.8 Å². The van der Waals surface area contributed by atoms with Gasteiger partial charge in [-0.3, -0.25) is 9.59 Å². The number of nitrogens with one attached hydrogen (secondary N) is 3. The topological polar surface area (TPSA) is 93.9 Å². The Labute approximate surface area is 229 Å². The van der Waals surface area contributed by atoms with Crippen molar-refractivity contribution in [2.75, 3.05) is 27.2 Å². The van der Waals surface area contributed by atoms with Gasteiger partial charge in [0, 0.05) is 41.2 Å². The first-order valence-corrected chi connectivity index (χ1v) is 13.0. The molecule has 1 amide bonds. The van der Waals surface area contributed by atoms with Gasteiger partial charge in [-0.1, -0.05) is 48.0 Å². The molecule has 8 heteroatoms. The van der Waals surface area contributed by atoms with Crippen LogP contribution in [0.15, 0.2) is 83.8 Å². The molecule has 0 radical (unpaired) electrons. The molecule has 3 N–H and O–H groups in total. The molecule has 2 heterocycles. The third-order valence-corrected chi connectivity index (χ3v) is 7.26. The van der Waals surface area contributed by atoms with Crippen LogP contribution in [0.3, 0.4) is 0 Å². The fourth-order valence-electron chi connectivity index (χ4n) is 4.94. The lowest BCUT2D eigenvalue weighted by Crippen LogP contribution is -2.31. The predicted molar refractivity (Wildman–Crippen MR) is 158 cm³/mol. The molecule has 0 spiro atoms. The molecule has 0 atom stereocenters. The van der Waals surface area contributed by atoms with E-state index in [2.05, 4.69) is 15.3 Å². The van der Waals surface area contributed by atoms with Gasteiger partial charge < -0.3 is 20.2 Å². The monoisotopic (exact) mass is 535 g/mol. The van der Waals surface area contributed by atoms with Crippen LogP contribution in [-0.2, 0) is 0 Å². The summed E-state index contributed by atoms with van der Waals surface area (Å²) in [7, 11) is 3.94. The number of aromatic amines is 2. The highest BCUT2D eigenvalue weighted by Gasteiger charge is 2.17. The van der Waals surface area contributed by atoms with Crippen LogP contribution in [-0.4, -0.2) is 52.9 Å². The van der Waals surface area contributed by atoms with Gasteiger partial charge in [-0.15, -0.1) is 0 Å². The highest BCUT2D eigenvalue weighted by Crippen LogP contribution is 2.37. The molecule has 4 aromatic carbocycles. The van der Waals surface area contributed by atoms with Crippen LogP contribution in [0.1, 0.15) is 10.4 Å². The number of likely N-dealkylation sites (N-methyl/N-ethyl adjacent to an activating group) is 1. The summed E-state index contributed by atoms with van der Waals surface area (Å²) in [5.41, 5.74) is 4.67. The number of amides is 1. The van der Waals surface area contributed by atoms with E-state index in [0.717, 1.165) is 50.4 Å². The maximum absolute atomic E-state index is 13.1. The van der Waals surface area contributed by atoms with Crippen molar-refractivity contribution in [3.8, 4) is 22.5 Å². The van der Waals surface area contributed by atoms with Crippen molar-refractivity contribution in [3.63, 3.8) is 0 Å². The van der Waals surface area contributed by atoms with Gasteiger partial charge in [0.2, 0.25) is 0 Å². The van der Waals surface area contributed by atoms with Gasteiger partial charge >= 0.3 is 0 Å². The Morgan fingerprint density at radius 1 is 0.949 bits per heavy atom. The molecule has 0 aliphatic heterocycles. The van der Waals surface area contributed by atoms with E-state index in [9.17, 15) is 9.59 Å². The van der Waals surface area contributed by atoms with Crippen molar-refractivity contribution in [2.45, 2.75) is 0 Å². The summed E-state index contributed by atoms with van der Waals surface area (Å²) in [4.78, 5) is 38.8. The zero-order chi connectivity index (χ0) is 27.1. The molecule has 6 rings (SSSR count). The molecule has 0 saturated heterocycles. The Kier molecular flexibility index (Phi) is 6.38. The quantitative estimate of drug-likeness (QED) is 0.234. The van der Waals surface area contributed by atoms with Crippen molar-refractivity contribution in [3.05, 3.63) is 99.9 Å². The standard InChI is InChI=1S/C31H26ClN5O2/c1-37(2)16-15-34-30(38)19-9-7-18(8-10-19)20-11-12-21-24(17-20)26-23(13-14-33-31(26)39)28-27(21)35-29(36-28)22-5-3-4-6-25(22)32/h3-14,17H,15-16H2,1-2H3,(H,33,39)(H,34,38)(H,35,36). The van der Waals surface area contributed by atoms with Gasteiger partial charge in [0.05, 0.1) is 21.4 Å². The molecule has 0 aliphatic rings. The highest BCUT2D eigenvalue weighted by molar-refractivity contribution is 6.33. The largest absolute Gasteiger partial charge is 0.351 e. The number of rotatable bonds is 6. The molecular weight excluding hydrogens is 510 g/mol. The summed E-state index contributed by atoms with van der Waals surface area (Å²) in [5.74, 6) is 0.544. The number of H-pyrrole nitrogens is 2. The maximum Gasteiger partial charge on any atom is 0.256 e. The van der Waals surface area contributed by atoms with Crippen LogP contribution in [0, 0.1) is 0 Å². The molecule has 0 fully saturated rings. The van der Waals surface area contributed by atoms with Gasteiger partial charge in [0.15, 0.2) is 0 Å². The number of hydrogen-bond donors (Lipinski definition) is 3. The smallest absolute Gasteiger partial charge is 0.256 e. The molecule has 0 unspecified atom stereocenters. The summed E-state index contributed by atoms with van der Waals surface area (Å²) < 4.78 is 0. The summed E-state index contributed by atoms with van der Waals surface area (Å²) in [6.07, 6.45) is 1.65. The number of carbonyl (C=O) groups is 1. The number of hydrogen-bond acceptors (Lipinski definition) is 4. The molecular formula is C31H26ClN5O2. The Bertz CT molecular complexity index is 1920. The van der Waals surface area contributed by atoms with Gasteiger partial charge in [-0.05, 0) is 67.0 Å². The minimum atomic E-state index is -0.171. The average Bonchev–Trinajstić information content (AvgIpc) is 3.39. The van der Waals surface area contributed by atoms with Gasteiger partial charge in [-0.2, -0.15) is 0 Å². The lowest BCUT2D eigenvalue weighted by atomic mass is 9.96. The molecule has 2 aromatic heterocycles.